The lowest BCUT2D eigenvalue weighted by molar-refractivity contribution is -0.151. The molecule has 0 radical (unpaired) electrons. The molecule has 0 spiro atoms. The minimum absolute atomic E-state index is 0.158. The number of carboxylic acids is 1. The predicted octanol–water partition coefficient (Wildman–Crippen LogP) is 2.53. The van der Waals surface area contributed by atoms with Crippen LogP contribution in [-0.2, 0) is 24.2 Å². The molecule has 0 bridgehead atoms. The van der Waals surface area contributed by atoms with Gasteiger partial charge >= 0.3 is 5.97 Å². The third-order valence-electron chi connectivity index (χ3n) is 5.54. The summed E-state index contributed by atoms with van der Waals surface area (Å²) >= 11 is 1.27. The molecule has 1 unspecified atom stereocenters. The van der Waals surface area contributed by atoms with Crippen molar-refractivity contribution in [2.24, 2.45) is 5.41 Å². The number of aryl methyl sites for hydroxylation is 2. The zero-order valence-electron chi connectivity index (χ0n) is 16.5. The Bertz CT molecular complexity index is 1000. The second-order valence-corrected chi connectivity index (χ2v) is 8.55. The predicted molar refractivity (Wildman–Crippen MR) is 111 cm³/mol. The molecular formula is C21H23N5O3S. The van der Waals surface area contributed by atoms with Crippen LogP contribution in [0.3, 0.4) is 0 Å². The smallest absolute Gasteiger partial charge is 0.311 e. The molecule has 1 fully saturated rings. The summed E-state index contributed by atoms with van der Waals surface area (Å²) in [4.78, 5) is 31.1. The first-order valence-electron chi connectivity index (χ1n) is 9.90. The van der Waals surface area contributed by atoms with Crippen LogP contribution in [-0.4, -0.2) is 55.0 Å². The summed E-state index contributed by atoms with van der Waals surface area (Å²) in [7, 11) is 0. The molecule has 8 nitrogen and oxygen atoms in total. The number of benzene rings is 1. The zero-order chi connectivity index (χ0) is 21.0. The number of carbonyl (C=O) groups is 2. The average molecular weight is 426 g/mol. The van der Waals surface area contributed by atoms with Crippen LogP contribution in [0, 0.1) is 5.41 Å². The maximum Gasteiger partial charge on any atom is 0.311 e. The van der Waals surface area contributed by atoms with Crippen molar-refractivity contribution in [2.75, 3.05) is 13.1 Å². The van der Waals surface area contributed by atoms with Gasteiger partial charge in [-0.2, -0.15) is 0 Å². The Morgan fingerprint density at radius 2 is 2.07 bits per heavy atom. The Labute approximate surface area is 178 Å². The van der Waals surface area contributed by atoms with Crippen LogP contribution >= 0.6 is 11.3 Å². The standard InChI is InChI=1S/C21H23N5O3S/c27-19(18-12-22-15-30-18)25-9-4-8-21(14-25,20(28)29)11-17-13-26(24-23-17)10-7-16-5-2-1-3-6-16/h1-3,5-6,12-13,15H,4,7-11,14H2,(H,28,29). The van der Waals surface area contributed by atoms with Crippen molar-refractivity contribution in [2.45, 2.75) is 32.2 Å². The Hall–Kier alpha value is -3.07. The van der Waals surface area contributed by atoms with Crippen LogP contribution in [0.15, 0.2) is 48.2 Å². The van der Waals surface area contributed by atoms with Crippen LogP contribution in [0.5, 0.6) is 0 Å². The van der Waals surface area contributed by atoms with Crippen LogP contribution in [0.2, 0.25) is 0 Å². The van der Waals surface area contributed by atoms with Crippen LogP contribution < -0.4 is 0 Å². The van der Waals surface area contributed by atoms with E-state index in [4.69, 9.17) is 0 Å². The molecule has 3 aromatic rings. The second-order valence-electron chi connectivity index (χ2n) is 7.67. The number of carbonyl (C=O) groups excluding carboxylic acids is 1. The molecule has 1 atom stereocenters. The van der Waals surface area contributed by atoms with E-state index in [2.05, 4.69) is 27.4 Å². The van der Waals surface area contributed by atoms with E-state index in [0.717, 1.165) is 6.42 Å². The van der Waals surface area contributed by atoms with Gasteiger partial charge in [-0.1, -0.05) is 35.5 Å². The molecule has 156 valence electrons. The van der Waals surface area contributed by atoms with E-state index < -0.39 is 11.4 Å². The summed E-state index contributed by atoms with van der Waals surface area (Å²) in [5.74, 6) is -1.06. The Morgan fingerprint density at radius 1 is 1.23 bits per heavy atom. The number of aliphatic carboxylic acids is 1. The highest BCUT2D eigenvalue weighted by molar-refractivity contribution is 7.11. The highest BCUT2D eigenvalue weighted by atomic mass is 32.1. The number of hydrogen-bond acceptors (Lipinski definition) is 6. The number of rotatable bonds is 7. The quantitative estimate of drug-likeness (QED) is 0.624. The van der Waals surface area contributed by atoms with Gasteiger partial charge in [0.1, 0.15) is 4.88 Å². The molecule has 1 N–H and O–H groups in total. The largest absolute Gasteiger partial charge is 0.481 e. The second kappa shape index (κ2) is 8.74. The molecule has 2 aromatic heterocycles. The molecule has 3 heterocycles. The first-order valence-corrected chi connectivity index (χ1v) is 10.8. The van der Waals surface area contributed by atoms with E-state index in [9.17, 15) is 14.7 Å². The third-order valence-corrected chi connectivity index (χ3v) is 6.30. The lowest BCUT2D eigenvalue weighted by Crippen LogP contribution is -2.51. The number of likely N-dealkylation sites (tertiary alicyclic amines) is 1. The summed E-state index contributed by atoms with van der Waals surface area (Å²) in [5, 5.41) is 18.4. The van der Waals surface area contributed by atoms with Gasteiger partial charge in [-0.15, -0.1) is 16.4 Å². The number of nitrogens with zero attached hydrogens (tertiary/aromatic N) is 5. The zero-order valence-corrected chi connectivity index (χ0v) is 17.3. The molecule has 1 aliphatic heterocycles. The molecule has 1 aliphatic rings. The SMILES string of the molecule is O=C(c1cncs1)N1CCCC(Cc2cn(CCc3ccccc3)nn2)(C(=O)O)C1. The molecular weight excluding hydrogens is 402 g/mol. The van der Waals surface area contributed by atoms with E-state index in [1.54, 1.807) is 15.1 Å². The van der Waals surface area contributed by atoms with Crippen LogP contribution in [0.25, 0.3) is 0 Å². The lowest BCUT2D eigenvalue weighted by atomic mass is 9.76. The average Bonchev–Trinajstić information content (AvgIpc) is 3.45. The fraction of sp³-hybridized carbons (Fsp3) is 0.381. The summed E-state index contributed by atoms with van der Waals surface area (Å²) in [6, 6.07) is 10.1. The topological polar surface area (TPSA) is 101 Å². The molecule has 0 aliphatic carbocycles. The van der Waals surface area contributed by atoms with Gasteiger partial charge < -0.3 is 10.0 Å². The van der Waals surface area contributed by atoms with Crippen LogP contribution in [0.1, 0.15) is 33.8 Å². The maximum absolute atomic E-state index is 12.7. The number of amides is 1. The van der Waals surface area contributed by atoms with Gasteiger partial charge in [-0.3, -0.25) is 19.3 Å². The van der Waals surface area contributed by atoms with Gasteiger partial charge in [0.05, 0.1) is 22.8 Å². The van der Waals surface area contributed by atoms with Crippen molar-refractivity contribution >= 4 is 23.2 Å². The van der Waals surface area contributed by atoms with Gasteiger partial charge in [0, 0.05) is 32.3 Å². The monoisotopic (exact) mass is 425 g/mol. The fourth-order valence-corrected chi connectivity index (χ4v) is 4.53. The highest BCUT2D eigenvalue weighted by Gasteiger charge is 2.44. The van der Waals surface area contributed by atoms with Crippen molar-refractivity contribution < 1.29 is 14.7 Å². The van der Waals surface area contributed by atoms with E-state index in [0.29, 0.717) is 36.5 Å². The first kappa shape index (κ1) is 20.2. The van der Waals surface area contributed by atoms with Crippen LogP contribution in [0.4, 0.5) is 0 Å². The molecule has 9 heteroatoms. The summed E-state index contributed by atoms with van der Waals surface area (Å²) in [6.07, 6.45) is 5.57. The Kier molecular flexibility index (Phi) is 5.89. The normalized spacial score (nSPS) is 19.0. The molecule has 1 amide bonds. The third kappa shape index (κ3) is 4.40. The summed E-state index contributed by atoms with van der Waals surface area (Å²) < 4.78 is 1.75. The molecule has 4 rings (SSSR count). The molecule has 1 aromatic carbocycles. The van der Waals surface area contributed by atoms with E-state index in [-0.39, 0.29) is 18.9 Å². The van der Waals surface area contributed by atoms with Crippen molar-refractivity contribution in [3.05, 3.63) is 64.4 Å². The van der Waals surface area contributed by atoms with Gasteiger partial charge in [0.25, 0.3) is 5.91 Å². The molecule has 0 saturated carbocycles. The van der Waals surface area contributed by atoms with Gasteiger partial charge in [0.2, 0.25) is 0 Å². The first-order chi connectivity index (χ1) is 14.6. The highest BCUT2D eigenvalue weighted by Crippen LogP contribution is 2.34. The fourth-order valence-electron chi connectivity index (χ4n) is 3.94. The Balaban J connectivity index is 1.45. The minimum atomic E-state index is -1.06. The van der Waals surface area contributed by atoms with Crippen molar-refractivity contribution in [3.63, 3.8) is 0 Å². The summed E-state index contributed by atoms with van der Waals surface area (Å²) in [5.41, 5.74) is 2.40. The number of carboxylic acid groups (broad SMARTS) is 1. The van der Waals surface area contributed by atoms with Gasteiger partial charge in [0.15, 0.2) is 0 Å². The van der Waals surface area contributed by atoms with E-state index in [1.807, 2.05) is 24.4 Å². The van der Waals surface area contributed by atoms with Crippen molar-refractivity contribution in [3.8, 4) is 0 Å². The van der Waals surface area contributed by atoms with Crippen molar-refractivity contribution in [1.82, 2.24) is 24.9 Å². The van der Waals surface area contributed by atoms with Gasteiger partial charge in [-0.25, -0.2) is 0 Å². The molecule has 30 heavy (non-hydrogen) atoms. The number of piperidine rings is 1. The minimum Gasteiger partial charge on any atom is -0.481 e. The maximum atomic E-state index is 12.7. The summed E-state index contributed by atoms with van der Waals surface area (Å²) in [6.45, 7) is 1.39. The van der Waals surface area contributed by atoms with E-state index >= 15 is 0 Å². The molecule has 1 saturated heterocycles. The number of hydrogen-bond donors (Lipinski definition) is 1. The van der Waals surface area contributed by atoms with Crippen molar-refractivity contribution in [1.29, 1.82) is 0 Å². The number of aromatic nitrogens is 4. The van der Waals surface area contributed by atoms with Gasteiger partial charge in [-0.05, 0) is 24.8 Å². The lowest BCUT2D eigenvalue weighted by Gasteiger charge is -2.39. The Morgan fingerprint density at radius 3 is 2.80 bits per heavy atom. The number of thiazole rings is 1. The van der Waals surface area contributed by atoms with E-state index in [1.165, 1.54) is 23.1 Å².